The first kappa shape index (κ1) is 32.5. The third kappa shape index (κ3) is 8.06. The van der Waals surface area contributed by atoms with Crippen molar-refractivity contribution in [1.82, 2.24) is 29.6 Å². The number of aromatic nitrogens is 2. The van der Waals surface area contributed by atoms with Crippen LogP contribution in [0.15, 0.2) is 41.3 Å². The van der Waals surface area contributed by atoms with Crippen molar-refractivity contribution in [3.05, 3.63) is 52.6 Å². The van der Waals surface area contributed by atoms with Crippen LogP contribution in [0.25, 0.3) is 5.69 Å². The monoisotopic (exact) mass is 588 g/mol. The molecule has 0 unspecified atom stereocenters. The van der Waals surface area contributed by atoms with Gasteiger partial charge in [0, 0.05) is 51.0 Å². The molecule has 2 fully saturated rings. The Morgan fingerprint density at radius 3 is 2.20 bits per heavy atom. The molecule has 0 atom stereocenters. The Balaban J connectivity index is 0.00000462. The fourth-order valence-electron chi connectivity index (χ4n) is 5.43. The molecule has 2 heterocycles. The average molecular weight is 589 g/mol. The molecule has 12 heteroatoms. The van der Waals surface area contributed by atoms with Crippen molar-refractivity contribution in [3.63, 3.8) is 0 Å². The zero-order valence-electron chi connectivity index (χ0n) is 24.6. The van der Waals surface area contributed by atoms with E-state index in [1.165, 1.54) is 10.1 Å². The van der Waals surface area contributed by atoms with Gasteiger partial charge in [-0.1, -0.05) is 19.1 Å². The minimum Gasteiger partial charge on any atom is -0.338 e. The minimum absolute atomic E-state index is 0. The van der Waals surface area contributed by atoms with Crippen LogP contribution in [0, 0.1) is 0 Å². The van der Waals surface area contributed by atoms with Gasteiger partial charge in [0.25, 0.3) is 0 Å². The highest BCUT2D eigenvalue weighted by Gasteiger charge is 2.33. The summed E-state index contributed by atoms with van der Waals surface area (Å²) in [4.78, 5) is 48.2. The molecule has 4 N–H and O–H groups in total. The number of nitrogens with one attached hydrogen (secondary N) is 2. The third-order valence-corrected chi connectivity index (χ3v) is 8.32. The molecule has 3 amide bonds. The molecule has 2 aliphatic rings. The quantitative estimate of drug-likeness (QED) is 0.432. The first-order chi connectivity index (χ1) is 19.1. The Hall–Kier alpha value is -2.99. The van der Waals surface area contributed by atoms with Crippen molar-refractivity contribution in [2.45, 2.75) is 70.6 Å². The fourth-order valence-corrected chi connectivity index (χ4v) is 5.43. The van der Waals surface area contributed by atoms with Crippen molar-refractivity contribution in [1.29, 1.82) is 0 Å². The van der Waals surface area contributed by atoms with E-state index in [2.05, 4.69) is 39.6 Å². The van der Waals surface area contributed by atoms with Gasteiger partial charge in [0.05, 0.1) is 11.2 Å². The molecule has 41 heavy (non-hydrogen) atoms. The van der Waals surface area contributed by atoms with Crippen LogP contribution >= 0.6 is 12.4 Å². The summed E-state index contributed by atoms with van der Waals surface area (Å²) in [6.45, 7) is 9.44. The Morgan fingerprint density at radius 2 is 1.63 bits per heavy atom. The lowest BCUT2D eigenvalue weighted by molar-refractivity contribution is -0.138. The second kappa shape index (κ2) is 14.3. The number of piperazine rings is 1. The van der Waals surface area contributed by atoms with Gasteiger partial charge in [0.1, 0.15) is 5.82 Å². The lowest BCUT2D eigenvalue weighted by Crippen LogP contribution is -2.58. The number of nitrogens with two attached hydrogens (primary N) is 1. The van der Waals surface area contributed by atoms with Crippen LogP contribution in [0.5, 0.6) is 0 Å². The average Bonchev–Trinajstić information content (AvgIpc) is 2.96. The van der Waals surface area contributed by atoms with Crippen LogP contribution in [0.4, 0.5) is 10.6 Å². The molecule has 1 aliphatic carbocycles. The van der Waals surface area contributed by atoms with Crippen LogP contribution < -0.4 is 22.1 Å². The maximum atomic E-state index is 12.8. The van der Waals surface area contributed by atoms with E-state index in [1.54, 1.807) is 29.1 Å². The number of likely N-dealkylation sites (N-methyl/N-ethyl adjacent to an activating group) is 1. The summed E-state index contributed by atoms with van der Waals surface area (Å²) in [7, 11) is 1.76. The van der Waals surface area contributed by atoms with Gasteiger partial charge >= 0.3 is 11.7 Å². The maximum absolute atomic E-state index is 12.8. The highest BCUT2D eigenvalue weighted by atomic mass is 35.5. The number of hydrogen-bond donors (Lipinski definition) is 3. The zero-order chi connectivity index (χ0) is 28.9. The van der Waals surface area contributed by atoms with Crippen LogP contribution in [-0.4, -0.2) is 93.6 Å². The van der Waals surface area contributed by atoms with E-state index >= 15 is 0 Å². The lowest BCUT2D eigenvalue weighted by Gasteiger charge is -2.38. The van der Waals surface area contributed by atoms with Gasteiger partial charge in [0.15, 0.2) is 0 Å². The number of amides is 3. The predicted octanol–water partition coefficient (Wildman–Crippen LogP) is 2.42. The van der Waals surface area contributed by atoms with Gasteiger partial charge < -0.3 is 20.9 Å². The maximum Gasteiger partial charge on any atom is 0.354 e. The van der Waals surface area contributed by atoms with Gasteiger partial charge in [-0.15, -0.1) is 12.4 Å². The number of carbonyl (C=O) groups is 2. The van der Waals surface area contributed by atoms with E-state index in [9.17, 15) is 14.4 Å². The smallest absolute Gasteiger partial charge is 0.338 e. The second-order valence-electron chi connectivity index (χ2n) is 11.3. The largest absolute Gasteiger partial charge is 0.354 e. The number of carbonyl (C=O) groups excluding carboxylic acids is 2. The van der Waals surface area contributed by atoms with E-state index in [1.807, 2.05) is 26.0 Å². The molecule has 0 radical (unpaired) electrons. The Labute approximate surface area is 248 Å². The van der Waals surface area contributed by atoms with Crippen molar-refractivity contribution in [2.24, 2.45) is 5.73 Å². The van der Waals surface area contributed by atoms with E-state index < -0.39 is 11.2 Å². The summed E-state index contributed by atoms with van der Waals surface area (Å²) in [6, 6.07) is 10.1. The molecule has 4 rings (SSSR count). The molecule has 1 saturated carbocycles. The molecule has 0 spiro atoms. The van der Waals surface area contributed by atoms with Crippen molar-refractivity contribution in [3.8, 4) is 5.69 Å². The van der Waals surface area contributed by atoms with Crippen LogP contribution in [0.1, 0.15) is 52.0 Å². The van der Waals surface area contributed by atoms with Gasteiger partial charge in [-0.2, -0.15) is 4.98 Å². The first-order valence-electron chi connectivity index (χ1n) is 14.3. The van der Waals surface area contributed by atoms with E-state index in [0.29, 0.717) is 38.3 Å². The molecule has 0 bridgehead atoms. The fraction of sp³-hybridized carbons (Fsp3) is 0.586. The van der Waals surface area contributed by atoms with Gasteiger partial charge in [-0.05, 0) is 76.9 Å². The Morgan fingerprint density at radius 1 is 1.02 bits per heavy atom. The minimum atomic E-state index is -0.654. The number of anilines is 1. The van der Waals surface area contributed by atoms with Crippen LogP contribution in [0.3, 0.4) is 0 Å². The van der Waals surface area contributed by atoms with E-state index in [4.69, 9.17) is 5.73 Å². The standard InChI is InChI=1S/C29H44N8O3.ClH/c1-5-34(23-12-8-22(30)9-13-23)20-21-6-10-24(11-7-21)37-15-14-25(33-28(37)40)32-27(39)36-18-16-35(17-19-36)26(38)29(2,3)31-4;/h6-7,10-11,14-15,22-23,31H,5,8-9,12-13,16-20,30H2,1-4H3,(H,32,33,39,40);1H/t22-,23-;. The Bertz CT molecular complexity index is 1220. The zero-order valence-corrected chi connectivity index (χ0v) is 25.5. The highest BCUT2D eigenvalue weighted by Crippen LogP contribution is 2.24. The van der Waals surface area contributed by atoms with E-state index in [0.717, 1.165) is 44.5 Å². The lowest BCUT2D eigenvalue weighted by atomic mass is 9.90. The molecule has 1 saturated heterocycles. The number of halogens is 1. The predicted molar refractivity (Wildman–Crippen MR) is 164 cm³/mol. The summed E-state index contributed by atoms with van der Waals surface area (Å²) in [5, 5.41) is 5.74. The molecule has 1 aromatic heterocycles. The topological polar surface area (TPSA) is 129 Å². The van der Waals surface area contributed by atoms with Crippen molar-refractivity contribution >= 4 is 30.2 Å². The second-order valence-corrected chi connectivity index (χ2v) is 11.3. The summed E-state index contributed by atoms with van der Waals surface area (Å²) in [6.07, 6.45) is 6.07. The van der Waals surface area contributed by atoms with Crippen molar-refractivity contribution < 1.29 is 9.59 Å². The van der Waals surface area contributed by atoms with Gasteiger partial charge in [-0.3, -0.25) is 19.6 Å². The molecule has 2 aromatic rings. The van der Waals surface area contributed by atoms with E-state index in [-0.39, 0.29) is 30.2 Å². The molecule has 1 aromatic carbocycles. The molecule has 1 aliphatic heterocycles. The molecular weight excluding hydrogens is 544 g/mol. The first-order valence-corrected chi connectivity index (χ1v) is 14.3. The van der Waals surface area contributed by atoms with Gasteiger partial charge in [-0.25, -0.2) is 9.59 Å². The van der Waals surface area contributed by atoms with Crippen molar-refractivity contribution in [2.75, 3.05) is 45.1 Å². The number of nitrogens with zero attached hydrogens (tertiary/aromatic N) is 5. The summed E-state index contributed by atoms with van der Waals surface area (Å²) in [5.41, 5.74) is 6.88. The molecule has 226 valence electrons. The third-order valence-electron chi connectivity index (χ3n) is 8.32. The van der Waals surface area contributed by atoms with Crippen LogP contribution in [-0.2, 0) is 11.3 Å². The normalized spacial score (nSPS) is 19.6. The van der Waals surface area contributed by atoms with Gasteiger partial charge in [0.2, 0.25) is 5.91 Å². The number of rotatable bonds is 8. The molecule has 11 nitrogen and oxygen atoms in total. The highest BCUT2D eigenvalue weighted by molar-refractivity contribution is 5.89. The molecular formula is C29H45ClN8O3. The van der Waals surface area contributed by atoms with Crippen LogP contribution in [0.2, 0.25) is 0 Å². The Kier molecular flexibility index (Phi) is 11.3. The number of benzene rings is 1. The summed E-state index contributed by atoms with van der Waals surface area (Å²) >= 11 is 0. The SMILES string of the molecule is CCN(Cc1ccc(-n2ccc(NC(=O)N3CCN(C(=O)C(C)(C)NC)CC3)nc2=O)cc1)[C@H]1CC[C@H](N)CC1.Cl. The summed E-state index contributed by atoms with van der Waals surface area (Å²) < 4.78 is 1.47. The number of hydrogen-bond acceptors (Lipinski definition) is 7. The summed E-state index contributed by atoms with van der Waals surface area (Å²) in [5.74, 6) is 0.203. The number of urea groups is 1.